The lowest BCUT2D eigenvalue weighted by atomic mass is 9.67. The van der Waals surface area contributed by atoms with Crippen LogP contribution in [-0.4, -0.2) is 0 Å². The summed E-state index contributed by atoms with van der Waals surface area (Å²) in [6, 6.07) is 31.0. The fourth-order valence-electron chi connectivity index (χ4n) is 7.36. The molecule has 6 aromatic carbocycles. The number of nitrogens with two attached hydrogens (primary N) is 2. The van der Waals surface area contributed by atoms with Gasteiger partial charge >= 0.3 is 12.4 Å². The van der Waals surface area contributed by atoms with E-state index in [-0.39, 0.29) is 22.6 Å². The number of ether oxygens (including phenoxy) is 2. The molecule has 0 amide bonds. The van der Waals surface area contributed by atoms with Crippen LogP contribution in [0.15, 0.2) is 121 Å². The van der Waals surface area contributed by atoms with Gasteiger partial charge in [-0.2, -0.15) is 26.3 Å². The number of anilines is 2. The summed E-state index contributed by atoms with van der Waals surface area (Å²) in [7, 11) is 0. The molecular formula is C43H34F6N2O2. The molecule has 0 bridgehead atoms. The predicted octanol–water partition coefficient (Wildman–Crippen LogP) is 12.0. The Bertz CT molecular complexity index is 2180. The Morgan fingerprint density at radius 3 is 1.25 bits per heavy atom. The van der Waals surface area contributed by atoms with Gasteiger partial charge < -0.3 is 20.9 Å². The molecule has 0 spiro atoms. The molecule has 0 atom stereocenters. The highest BCUT2D eigenvalue weighted by atomic mass is 19.4. The minimum atomic E-state index is -4.89. The molecule has 0 radical (unpaired) electrons. The zero-order chi connectivity index (χ0) is 37.7. The Labute approximate surface area is 302 Å². The largest absolute Gasteiger partial charge is 0.456 e. The van der Waals surface area contributed by atoms with E-state index in [2.05, 4.69) is 0 Å². The smallest absolute Gasteiger partial charge is 0.419 e. The minimum absolute atomic E-state index is 0.108. The molecule has 1 aliphatic carbocycles. The highest BCUT2D eigenvalue weighted by Crippen LogP contribution is 2.58. The van der Waals surface area contributed by atoms with Gasteiger partial charge in [0.05, 0.1) is 16.5 Å². The first-order chi connectivity index (χ1) is 25.2. The molecular weight excluding hydrogens is 690 g/mol. The van der Waals surface area contributed by atoms with Gasteiger partial charge in [0.25, 0.3) is 0 Å². The van der Waals surface area contributed by atoms with Crippen LogP contribution in [0.1, 0.15) is 58.4 Å². The minimum Gasteiger partial charge on any atom is -0.456 e. The highest BCUT2D eigenvalue weighted by Gasteiger charge is 2.49. The second-order valence-corrected chi connectivity index (χ2v) is 12.9. The molecule has 0 heterocycles. The predicted molar refractivity (Wildman–Crippen MR) is 194 cm³/mol. The highest BCUT2D eigenvalue weighted by molar-refractivity contribution is 5.86. The van der Waals surface area contributed by atoms with Gasteiger partial charge in [-0.3, -0.25) is 0 Å². The van der Waals surface area contributed by atoms with Crippen LogP contribution in [0.3, 0.4) is 0 Å². The van der Waals surface area contributed by atoms with Crippen LogP contribution in [0.25, 0.3) is 11.1 Å². The molecule has 0 aliphatic heterocycles. The van der Waals surface area contributed by atoms with Crippen molar-refractivity contribution in [1.29, 1.82) is 0 Å². The molecule has 0 aromatic heterocycles. The number of benzene rings is 6. The summed E-state index contributed by atoms with van der Waals surface area (Å²) in [5.74, 6) is -0.483. The van der Waals surface area contributed by atoms with Crippen LogP contribution in [0.4, 0.5) is 37.7 Å². The van der Waals surface area contributed by atoms with Gasteiger partial charge in [-0.05, 0) is 118 Å². The first-order valence-corrected chi connectivity index (χ1v) is 17.0. The quantitative estimate of drug-likeness (QED) is 0.121. The Kier molecular flexibility index (Phi) is 8.88. The standard InChI is InChI=1S/C43H34F6N2O2/c1-3-25-21-29(50)15-19-37(25)52-39-17-13-27(23-35(39)42(44,45)46)41(33-11-7-5-9-31(33)32-10-6-8-12-34(32)41)28-14-18-40(36(24-28)43(47,48)49)53-38-20-16-30(51)22-26(38)4-2/h5-24H,3-4,50-51H2,1-2H3. The third kappa shape index (κ3) is 6.22. The molecule has 6 aromatic rings. The van der Waals surface area contributed by atoms with Crippen molar-refractivity contribution >= 4 is 11.4 Å². The van der Waals surface area contributed by atoms with E-state index in [1.807, 2.05) is 26.0 Å². The van der Waals surface area contributed by atoms with Crippen molar-refractivity contribution in [2.75, 3.05) is 11.5 Å². The van der Waals surface area contributed by atoms with Crippen LogP contribution in [0.2, 0.25) is 0 Å². The fraction of sp³-hybridized carbons (Fsp3) is 0.163. The lowest BCUT2D eigenvalue weighted by Crippen LogP contribution is -2.29. The lowest BCUT2D eigenvalue weighted by Gasteiger charge is -2.35. The number of aryl methyl sites for hydroxylation is 2. The van der Waals surface area contributed by atoms with Crippen molar-refractivity contribution in [2.45, 2.75) is 44.5 Å². The van der Waals surface area contributed by atoms with Crippen molar-refractivity contribution in [3.63, 3.8) is 0 Å². The van der Waals surface area contributed by atoms with Crippen molar-refractivity contribution in [3.8, 4) is 34.1 Å². The number of hydrogen-bond acceptors (Lipinski definition) is 4. The van der Waals surface area contributed by atoms with E-state index in [4.69, 9.17) is 20.9 Å². The van der Waals surface area contributed by atoms with E-state index in [0.29, 0.717) is 57.6 Å². The normalized spacial score (nSPS) is 13.4. The van der Waals surface area contributed by atoms with Crippen LogP contribution in [0.5, 0.6) is 23.0 Å². The molecule has 4 N–H and O–H groups in total. The van der Waals surface area contributed by atoms with Gasteiger partial charge in [-0.25, -0.2) is 0 Å². The summed E-state index contributed by atoms with van der Waals surface area (Å²) in [5.41, 5.74) is 12.8. The Morgan fingerprint density at radius 2 is 0.868 bits per heavy atom. The Hall–Kier alpha value is -5.90. The molecule has 53 heavy (non-hydrogen) atoms. The second kappa shape index (κ2) is 13.3. The van der Waals surface area contributed by atoms with E-state index in [9.17, 15) is 0 Å². The molecule has 1 aliphatic rings. The maximum Gasteiger partial charge on any atom is 0.419 e. The van der Waals surface area contributed by atoms with Crippen LogP contribution in [-0.2, 0) is 30.6 Å². The van der Waals surface area contributed by atoms with E-state index >= 15 is 26.3 Å². The first kappa shape index (κ1) is 35.5. The van der Waals surface area contributed by atoms with Gasteiger partial charge in [0, 0.05) is 11.4 Å². The third-order valence-corrected chi connectivity index (χ3v) is 9.76. The Morgan fingerprint density at radius 1 is 0.491 bits per heavy atom. The Balaban J connectivity index is 1.49. The molecule has 270 valence electrons. The third-order valence-electron chi connectivity index (χ3n) is 9.76. The number of hydrogen-bond donors (Lipinski definition) is 2. The summed E-state index contributed by atoms with van der Waals surface area (Å²) in [4.78, 5) is 0. The van der Waals surface area contributed by atoms with E-state index in [1.54, 1.807) is 60.7 Å². The number of rotatable bonds is 8. The van der Waals surface area contributed by atoms with Crippen molar-refractivity contribution in [1.82, 2.24) is 0 Å². The fourth-order valence-corrected chi connectivity index (χ4v) is 7.36. The zero-order valence-electron chi connectivity index (χ0n) is 28.7. The summed E-state index contributed by atoms with van der Waals surface area (Å²) in [6.07, 6.45) is -8.88. The molecule has 10 heteroatoms. The van der Waals surface area contributed by atoms with Crippen LogP contribution < -0.4 is 20.9 Å². The molecule has 0 saturated heterocycles. The van der Waals surface area contributed by atoms with Gasteiger partial charge in [0.15, 0.2) is 0 Å². The number of nitrogen functional groups attached to an aromatic ring is 2. The SMILES string of the molecule is CCc1cc(N)ccc1Oc1ccc(C2(c3ccc(Oc4ccc(N)cc4CC)c(C(F)(F)F)c3)c3ccccc3-c3ccccc32)cc1C(F)(F)F. The van der Waals surface area contributed by atoms with Gasteiger partial charge in [0.2, 0.25) is 0 Å². The van der Waals surface area contributed by atoms with Gasteiger partial charge in [0.1, 0.15) is 23.0 Å². The maximum absolute atomic E-state index is 15.1. The zero-order valence-corrected chi connectivity index (χ0v) is 28.7. The summed E-state index contributed by atoms with van der Waals surface area (Å²) < 4.78 is 102. The van der Waals surface area contributed by atoms with E-state index in [1.165, 1.54) is 36.4 Å². The topological polar surface area (TPSA) is 70.5 Å². The monoisotopic (exact) mass is 724 g/mol. The van der Waals surface area contributed by atoms with Gasteiger partial charge in [-0.1, -0.05) is 74.5 Å². The summed E-state index contributed by atoms with van der Waals surface area (Å²) >= 11 is 0. The van der Waals surface area contributed by atoms with Crippen molar-refractivity contribution in [3.05, 3.63) is 166 Å². The maximum atomic E-state index is 15.1. The van der Waals surface area contributed by atoms with Crippen LogP contribution in [0, 0.1) is 0 Å². The number of alkyl halides is 6. The number of fused-ring (bicyclic) bond motifs is 3. The van der Waals surface area contributed by atoms with Crippen molar-refractivity contribution < 1.29 is 35.8 Å². The summed E-state index contributed by atoms with van der Waals surface area (Å²) in [5, 5.41) is 0. The van der Waals surface area contributed by atoms with E-state index in [0.717, 1.165) is 12.1 Å². The molecule has 0 saturated carbocycles. The number of halogens is 6. The summed E-state index contributed by atoms with van der Waals surface area (Å²) in [6.45, 7) is 3.66. The van der Waals surface area contributed by atoms with E-state index < -0.39 is 40.4 Å². The molecule has 7 rings (SSSR count). The molecule has 0 fully saturated rings. The first-order valence-electron chi connectivity index (χ1n) is 17.0. The molecule has 0 unspecified atom stereocenters. The van der Waals surface area contributed by atoms with Crippen molar-refractivity contribution in [2.24, 2.45) is 0 Å². The average Bonchev–Trinajstić information content (AvgIpc) is 3.43. The van der Waals surface area contributed by atoms with Gasteiger partial charge in [-0.15, -0.1) is 0 Å². The lowest BCUT2D eigenvalue weighted by molar-refractivity contribution is -0.139. The second-order valence-electron chi connectivity index (χ2n) is 12.9. The average molecular weight is 725 g/mol. The van der Waals surface area contributed by atoms with Crippen LogP contribution >= 0.6 is 0 Å². The molecule has 4 nitrogen and oxygen atoms in total.